The Morgan fingerprint density at radius 3 is 2.15 bits per heavy atom. The van der Waals surface area contributed by atoms with E-state index in [0.717, 1.165) is 0 Å². The lowest BCUT2D eigenvalue weighted by Crippen LogP contribution is -2.25. The zero-order valence-electron chi connectivity index (χ0n) is 16.5. The van der Waals surface area contributed by atoms with Crippen molar-refractivity contribution in [2.24, 2.45) is 13.0 Å². The van der Waals surface area contributed by atoms with Crippen LogP contribution in [0.5, 0.6) is 0 Å². The van der Waals surface area contributed by atoms with Crippen LogP contribution in [0.2, 0.25) is 0 Å². The van der Waals surface area contributed by atoms with Crippen molar-refractivity contribution in [3.05, 3.63) is 46.8 Å². The number of ether oxygens (including phenoxy) is 1. The van der Waals surface area contributed by atoms with Crippen LogP contribution >= 0.6 is 0 Å². The zero-order valence-corrected chi connectivity index (χ0v) is 16.5. The first-order chi connectivity index (χ1) is 12.6. The van der Waals surface area contributed by atoms with Crippen LogP contribution in [0, 0.1) is 19.8 Å². The molecule has 0 aliphatic carbocycles. The van der Waals surface area contributed by atoms with Gasteiger partial charge in [-0.05, 0) is 45.0 Å². The quantitative estimate of drug-likeness (QED) is 0.622. The van der Waals surface area contributed by atoms with Crippen LogP contribution in [0.25, 0.3) is 0 Å². The van der Waals surface area contributed by atoms with E-state index in [0.29, 0.717) is 28.2 Å². The Hall–Kier alpha value is -2.96. The summed E-state index contributed by atoms with van der Waals surface area (Å²) in [6.07, 6.45) is -0.937. The van der Waals surface area contributed by atoms with Gasteiger partial charge in [0, 0.05) is 29.9 Å². The number of nitrogens with zero attached hydrogens (tertiary/aromatic N) is 2. The molecule has 1 N–H and O–H groups in total. The summed E-state index contributed by atoms with van der Waals surface area (Å²) in [4.78, 5) is 36.7. The number of carbonyl (C=O) groups is 3. The maximum atomic E-state index is 12.5. The third-order valence-corrected chi connectivity index (χ3v) is 4.33. The van der Waals surface area contributed by atoms with Gasteiger partial charge in [-0.3, -0.25) is 14.3 Å². The molecular weight excluding hydrogens is 346 g/mol. The molecule has 7 nitrogen and oxygen atoms in total. The molecule has 1 unspecified atom stereocenters. The van der Waals surface area contributed by atoms with Crippen LogP contribution in [0.4, 0.5) is 5.69 Å². The van der Waals surface area contributed by atoms with E-state index in [9.17, 15) is 14.4 Å². The predicted octanol–water partition coefficient (Wildman–Crippen LogP) is 3.06. The molecule has 0 fully saturated rings. The van der Waals surface area contributed by atoms with E-state index in [1.54, 1.807) is 63.7 Å². The van der Waals surface area contributed by atoms with Gasteiger partial charge < -0.3 is 10.1 Å². The fourth-order valence-electron chi connectivity index (χ4n) is 2.58. The smallest absolute Gasteiger partial charge is 0.342 e. The molecule has 0 aliphatic rings. The highest BCUT2D eigenvalue weighted by Gasteiger charge is 2.24. The van der Waals surface area contributed by atoms with E-state index in [2.05, 4.69) is 10.4 Å². The van der Waals surface area contributed by atoms with Crippen molar-refractivity contribution >= 4 is 23.3 Å². The number of rotatable bonds is 6. The number of benzene rings is 1. The summed E-state index contributed by atoms with van der Waals surface area (Å²) in [5.41, 5.74) is 2.63. The van der Waals surface area contributed by atoms with Crippen molar-refractivity contribution in [1.82, 2.24) is 9.78 Å². The average molecular weight is 371 g/mol. The lowest BCUT2D eigenvalue weighted by molar-refractivity contribution is -0.118. The molecule has 0 bridgehead atoms. The summed E-state index contributed by atoms with van der Waals surface area (Å²) in [5, 5.41) is 6.94. The molecule has 0 saturated carbocycles. The largest absolute Gasteiger partial charge is 0.451 e. The number of amides is 1. The second kappa shape index (κ2) is 8.16. The number of anilines is 1. The van der Waals surface area contributed by atoms with Gasteiger partial charge in [0.1, 0.15) is 5.56 Å². The molecule has 0 spiro atoms. The Labute approximate surface area is 158 Å². The number of hydrogen-bond acceptors (Lipinski definition) is 5. The van der Waals surface area contributed by atoms with E-state index in [4.69, 9.17) is 4.74 Å². The molecule has 144 valence electrons. The molecule has 1 heterocycles. The molecular formula is C20H25N3O4. The Morgan fingerprint density at radius 1 is 1.07 bits per heavy atom. The summed E-state index contributed by atoms with van der Waals surface area (Å²) < 4.78 is 6.94. The molecule has 1 atom stereocenters. The van der Waals surface area contributed by atoms with Gasteiger partial charge in [-0.2, -0.15) is 5.10 Å². The Bertz CT molecular complexity index is 866. The maximum absolute atomic E-state index is 12.5. The van der Waals surface area contributed by atoms with Crippen LogP contribution < -0.4 is 5.32 Å². The molecule has 0 aliphatic heterocycles. The Morgan fingerprint density at radius 2 is 1.67 bits per heavy atom. The van der Waals surface area contributed by atoms with Crippen molar-refractivity contribution in [1.29, 1.82) is 0 Å². The fraction of sp³-hybridized carbons (Fsp3) is 0.400. The number of Topliss-reactive ketones (excluding diaryl/α,β-unsaturated/α-hetero) is 1. The minimum Gasteiger partial charge on any atom is -0.451 e. The van der Waals surface area contributed by atoms with Gasteiger partial charge in [-0.25, -0.2) is 4.79 Å². The molecule has 1 aromatic carbocycles. The maximum Gasteiger partial charge on any atom is 0.342 e. The van der Waals surface area contributed by atoms with Crippen LogP contribution in [0.1, 0.15) is 52.9 Å². The first kappa shape index (κ1) is 20.4. The first-order valence-electron chi connectivity index (χ1n) is 8.78. The summed E-state index contributed by atoms with van der Waals surface area (Å²) in [7, 11) is 1.74. The monoisotopic (exact) mass is 371 g/mol. The van der Waals surface area contributed by atoms with E-state index in [-0.39, 0.29) is 17.6 Å². The van der Waals surface area contributed by atoms with Gasteiger partial charge in [0.25, 0.3) is 0 Å². The highest BCUT2D eigenvalue weighted by Crippen LogP contribution is 2.17. The first-order valence-corrected chi connectivity index (χ1v) is 8.78. The second-order valence-corrected chi connectivity index (χ2v) is 6.80. The van der Waals surface area contributed by atoms with E-state index in [1.807, 2.05) is 0 Å². The topological polar surface area (TPSA) is 90.3 Å². The van der Waals surface area contributed by atoms with Gasteiger partial charge in [0.15, 0.2) is 6.10 Å². The van der Waals surface area contributed by atoms with Crippen molar-refractivity contribution in [2.45, 2.75) is 40.7 Å². The van der Waals surface area contributed by atoms with Crippen molar-refractivity contribution in [3.63, 3.8) is 0 Å². The SMILES string of the molecule is Cc1nn(C)c(C)c1C(=O)OC(C)C(=O)c1ccc(NC(=O)C(C)C)cc1. The van der Waals surface area contributed by atoms with E-state index < -0.39 is 12.1 Å². The highest BCUT2D eigenvalue weighted by molar-refractivity contribution is 6.02. The number of aryl methyl sites for hydroxylation is 2. The van der Waals surface area contributed by atoms with E-state index >= 15 is 0 Å². The minimum absolute atomic E-state index is 0.0985. The molecule has 2 aromatic rings. The highest BCUT2D eigenvalue weighted by atomic mass is 16.5. The van der Waals surface area contributed by atoms with Gasteiger partial charge in [-0.15, -0.1) is 0 Å². The molecule has 27 heavy (non-hydrogen) atoms. The van der Waals surface area contributed by atoms with Gasteiger partial charge in [-0.1, -0.05) is 13.8 Å². The number of esters is 1. The van der Waals surface area contributed by atoms with E-state index in [1.165, 1.54) is 6.92 Å². The third-order valence-electron chi connectivity index (χ3n) is 4.33. The van der Waals surface area contributed by atoms with Crippen LogP contribution in [0.15, 0.2) is 24.3 Å². The molecule has 1 aromatic heterocycles. The normalized spacial score (nSPS) is 12.0. The van der Waals surface area contributed by atoms with Crippen LogP contribution in [0.3, 0.4) is 0 Å². The standard InChI is InChI=1S/C20H25N3O4/c1-11(2)19(25)21-16-9-7-15(8-10-16)18(24)14(5)27-20(26)17-12(3)22-23(6)13(17)4/h7-11,14H,1-6H3,(H,21,25). The summed E-state index contributed by atoms with van der Waals surface area (Å²) in [6.45, 7) is 8.63. The van der Waals surface area contributed by atoms with Crippen LogP contribution in [-0.4, -0.2) is 33.5 Å². The van der Waals surface area contributed by atoms with Crippen LogP contribution in [-0.2, 0) is 16.6 Å². The summed E-state index contributed by atoms with van der Waals surface area (Å²) >= 11 is 0. The molecule has 0 saturated heterocycles. The number of carbonyl (C=O) groups excluding carboxylic acids is 3. The number of aromatic nitrogens is 2. The zero-order chi connectivity index (χ0) is 20.3. The second-order valence-electron chi connectivity index (χ2n) is 6.80. The Kier molecular flexibility index (Phi) is 6.15. The van der Waals surface area contributed by atoms with Crippen molar-refractivity contribution in [3.8, 4) is 0 Å². The lowest BCUT2D eigenvalue weighted by atomic mass is 10.1. The third kappa shape index (κ3) is 4.61. The van der Waals surface area contributed by atoms with Gasteiger partial charge >= 0.3 is 5.97 Å². The molecule has 0 radical (unpaired) electrons. The fourth-order valence-corrected chi connectivity index (χ4v) is 2.58. The lowest BCUT2D eigenvalue weighted by Gasteiger charge is -2.13. The molecule has 2 rings (SSSR count). The van der Waals surface area contributed by atoms with Gasteiger partial charge in [0.2, 0.25) is 11.7 Å². The Balaban J connectivity index is 2.06. The number of nitrogens with one attached hydrogen (secondary N) is 1. The molecule has 1 amide bonds. The van der Waals surface area contributed by atoms with Gasteiger partial charge in [0.05, 0.1) is 5.69 Å². The summed E-state index contributed by atoms with van der Waals surface area (Å²) in [5.74, 6) is -1.12. The molecule has 7 heteroatoms. The summed E-state index contributed by atoms with van der Waals surface area (Å²) in [6, 6.07) is 6.50. The van der Waals surface area contributed by atoms with Crippen molar-refractivity contribution in [2.75, 3.05) is 5.32 Å². The number of ketones is 1. The number of hydrogen-bond donors (Lipinski definition) is 1. The average Bonchev–Trinajstić information content (AvgIpc) is 2.86. The predicted molar refractivity (Wildman–Crippen MR) is 102 cm³/mol. The van der Waals surface area contributed by atoms with Crippen molar-refractivity contribution < 1.29 is 19.1 Å². The minimum atomic E-state index is -0.937.